The molecule has 1 aromatic heterocycles. The van der Waals surface area contributed by atoms with Gasteiger partial charge in [0.2, 0.25) is 5.91 Å². The Morgan fingerprint density at radius 1 is 1.21 bits per heavy atom. The van der Waals surface area contributed by atoms with Crippen LogP contribution in [0.25, 0.3) is 11.4 Å². The number of carbonyl (C=O) groups excluding carboxylic acids is 1. The molecular formula is C20H18Cl2N4OS. The van der Waals surface area contributed by atoms with Gasteiger partial charge >= 0.3 is 0 Å². The van der Waals surface area contributed by atoms with Crippen LogP contribution in [0.2, 0.25) is 10.0 Å². The lowest BCUT2D eigenvalue weighted by Gasteiger charge is -2.13. The first-order valence-electron chi connectivity index (χ1n) is 8.51. The van der Waals surface area contributed by atoms with Gasteiger partial charge in [-0.3, -0.25) is 9.36 Å². The summed E-state index contributed by atoms with van der Waals surface area (Å²) in [6.45, 7) is 6.14. The van der Waals surface area contributed by atoms with Crippen molar-refractivity contribution in [3.05, 3.63) is 71.2 Å². The molecule has 0 radical (unpaired) electrons. The number of thioether (sulfide) groups is 1. The van der Waals surface area contributed by atoms with Crippen molar-refractivity contribution in [1.82, 2.24) is 14.8 Å². The van der Waals surface area contributed by atoms with Crippen molar-refractivity contribution in [2.24, 2.45) is 0 Å². The summed E-state index contributed by atoms with van der Waals surface area (Å²) in [5.41, 5.74) is 1.47. The average Bonchev–Trinajstić information content (AvgIpc) is 3.07. The number of amides is 1. The number of rotatable bonds is 7. The van der Waals surface area contributed by atoms with Crippen molar-refractivity contribution in [2.75, 3.05) is 5.32 Å². The quantitative estimate of drug-likeness (QED) is 0.392. The van der Waals surface area contributed by atoms with Gasteiger partial charge in [0.25, 0.3) is 0 Å². The van der Waals surface area contributed by atoms with Crippen LogP contribution in [0.4, 0.5) is 5.69 Å². The normalized spacial score (nSPS) is 11.8. The highest BCUT2D eigenvalue weighted by atomic mass is 35.5. The summed E-state index contributed by atoms with van der Waals surface area (Å²) in [4.78, 5) is 12.6. The van der Waals surface area contributed by atoms with Gasteiger partial charge in [-0.2, -0.15) is 0 Å². The van der Waals surface area contributed by atoms with Gasteiger partial charge in [-0.1, -0.05) is 53.2 Å². The van der Waals surface area contributed by atoms with Gasteiger partial charge in [-0.15, -0.1) is 16.8 Å². The van der Waals surface area contributed by atoms with Gasteiger partial charge < -0.3 is 5.32 Å². The van der Waals surface area contributed by atoms with Crippen molar-refractivity contribution < 1.29 is 4.79 Å². The Bertz CT molecular complexity index is 988. The second-order valence-corrected chi connectivity index (χ2v) is 8.09. The predicted octanol–water partition coefficient (Wildman–Crippen LogP) is 5.56. The van der Waals surface area contributed by atoms with Crippen LogP contribution >= 0.6 is 35.0 Å². The van der Waals surface area contributed by atoms with E-state index in [0.29, 0.717) is 33.3 Å². The van der Waals surface area contributed by atoms with E-state index in [2.05, 4.69) is 22.1 Å². The van der Waals surface area contributed by atoms with Crippen molar-refractivity contribution in [3.63, 3.8) is 0 Å². The number of nitrogens with one attached hydrogen (secondary N) is 1. The Morgan fingerprint density at radius 2 is 1.93 bits per heavy atom. The third kappa shape index (κ3) is 4.76. The lowest BCUT2D eigenvalue weighted by molar-refractivity contribution is -0.115. The zero-order valence-electron chi connectivity index (χ0n) is 15.1. The summed E-state index contributed by atoms with van der Waals surface area (Å²) in [5, 5.41) is 12.8. The van der Waals surface area contributed by atoms with Gasteiger partial charge in [0.15, 0.2) is 11.0 Å². The molecule has 1 heterocycles. The van der Waals surface area contributed by atoms with E-state index in [1.54, 1.807) is 30.3 Å². The average molecular weight is 433 g/mol. The molecule has 0 aliphatic rings. The summed E-state index contributed by atoms with van der Waals surface area (Å²) in [6.07, 6.45) is 1.77. The molecule has 0 fully saturated rings. The maximum absolute atomic E-state index is 12.6. The standard InChI is InChI=1S/C20H18Cl2N4OS/c1-3-12-26-18(14-8-10-15(21)11-9-14)24-25-20(26)28-13(2)19(27)23-17-7-5-4-6-16(17)22/h3-11,13H,1,12H2,2H3,(H,23,27). The van der Waals surface area contributed by atoms with E-state index in [9.17, 15) is 4.79 Å². The van der Waals surface area contributed by atoms with E-state index < -0.39 is 5.25 Å². The molecule has 144 valence electrons. The first-order valence-corrected chi connectivity index (χ1v) is 10.1. The molecular weight excluding hydrogens is 415 g/mol. The second kappa shape index (κ2) is 9.28. The number of nitrogens with zero attached hydrogens (tertiary/aromatic N) is 3. The van der Waals surface area contributed by atoms with E-state index in [0.717, 1.165) is 5.56 Å². The van der Waals surface area contributed by atoms with Gasteiger partial charge in [-0.25, -0.2) is 0 Å². The molecule has 3 aromatic rings. The van der Waals surface area contributed by atoms with Crippen LogP contribution in [0.5, 0.6) is 0 Å². The summed E-state index contributed by atoms with van der Waals surface area (Å²) in [7, 11) is 0. The van der Waals surface area contributed by atoms with Crippen LogP contribution in [0.3, 0.4) is 0 Å². The van der Waals surface area contributed by atoms with Crippen LogP contribution in [0, 0.1) is 0 Å². The van der Waals surface area contributed by atoms with Gasteiger partial charge in [0.1, 0.15) is 0 Å². The molecule has 1 amide bonds. The lowest BCUT2D eigenvalue weighted by Crippen LogP contribution is -2.23. The van der Waals surface area contributed by atoms with Crippen LogP contribution in [-0.2, 0) is 11.3 Å². The minimum atomic E-state index is -0.401. The van der Waals surface area contributed by atoms with E-state index in [4.69, 9.17) is 23.2 Å². The number of hydrogen-bond acceptors (Lipinski definition) is 4. The molecule has 0 saturated heterocycles. The molecule has 8 heteroatoms. The molecule has 5 nitrogen and oxygen atoms in total. The lowest BCUT2D eigenvalue weighted by atomic mass is 10.2. The third-order valence-corrected chi connectivity index (χ3v) is 5.58. The highest BCUT2D eigenvalue weighted by Gasteiger charge is 2.21. The minimum Gasteiger partial charge on any atom is -0.324 e. The fourth-order valence-corrected chi connectivity index (χ4v) is 3.66. The second-order valence-electron chi connectivity index (χ2n) is 5.94. The largest absolute Gasteiger partial charge is 0.324 e. The summed E-state index contributed by atoms with van der Waals surface area (Å²) in [6, 6.07) is 14.5. The zero-order chi connectivity index (χ0) is 20.1. The Morgan fingerprint density at radius 3 is 2.61 bits per heavy atom. The van der Waals surface area contributed by atoms with Gasteiger partial charge in [0.05, 0.1) is 16.0 Å². The van der Waals surface area contributed by atoms with E-state index in [1.165, 1.54) is 11.8 Å². The number of aromatic nitrogens is 3. The maximum atomic E-state index is 12.6. The predicted molar refractivity (Wildman–Crippen MR) is 116 cm³/mol. The van der Waals surface area contributed by atoms with Gasteiger partial charge in [-0.05, 0) is 43.3 Å². The monoisotopic (exact) mass is 432 g/mol. The molecule has 0 saturated carbocycles. The Hall–Kier alpha value is -2.28. The zero-order valence-corrected chi connectivity index (χ0v) is 17.4. The number of hydrogen-bond donors (Lipinski definition) is 1. The minimum absolute atomic E-state index is 0.167. The fraction of sp³-hybridized carbons (Fsp3) is 0.150. The van der Waals surface area contributed by atoms with Crippen LogP contribution in [0.1, 0.15) is 6.92 Å². The molecule has 1 N–H and O–H groups in total. The number of benzene rings is 2. The summed E-state index contributed by atoms with van der Waals surface area (Å²) < 4.78 is 1.92. The first-order chi connectivity index (χ1) is 13.5. The number of anilines is 1. The smallest absolute Gasteiger partial charge is 0.237 e. The Kier molecular flexibility index (Phi) is 6.78. The molecule has 2 aromatic carbocycles. The molecule has 0 aliphatic carbocycles. The molecule has 28 heavy (non-hydrogen) atoms. The Labute approximate surface area is 177 Å². The van der Waals surface area contributed by atoms with Crippen LogP contribution < -0.4 is 5.32 Å². The highest BCUT2D eigenvalue weighted by Crippen LogP contribution is 2.29. The molecule has 0 spiro atoms. The third-order valence-electron chi connectivity index (χ3n) is 3.91. The van der Waals surface area contributed by atoms with Crippen molar-refractivity contribution in [1.29, 1.82) is 0 Å². The topological polar surface area (TPSA) is 59.8 Å². The maximum Gasteiger partial charge on any atom is 0.237 e. The molecule has 1 unspecified atom stereocenters. The van der Waals surface area contributed by atoms with E-state index >= 15 is 0 Å². The van der Waals surface area contributed by atoms with Crippen LogP contribution in [-0.4, -0.2) is 25.9 Å². The fourth-order valence-electron chi connectivity index (χ4n) is 2.49. The van der Waals surface area contributed by atoms with Crippen molar-refractivity contribution in [3.8, 4) is 11.4 Å². The van der Waals surface area contributed by atoms with Gasteiger partial charge in [0, 0.05) is 17.1 Å². The molecule has 3 rings (SSSR count). The molecule has 1 atom stereocenters. The van der Waals surface area contributed by atoms with Crippen molar-refractivity contribution in [2.45, 2.75) is 23.9 Å². The number of carbonyl (C=O) groups is 1. The molecule has 0 aliphatic heterocycles. The van der Waals surface area contributed by atoms with E-state index in [-0.39, 0.29) is 5.91 Å². The number of para-hydroxylation sites is 1. The SMILES string of the molecule is C=CCn1c(SC(C)C(=O)Nc2ccccc2Cl)nnc1-c1ccc(Cl)cc1. The number of halogens is 2. The van der Waals surface area contributed by atoms with Crippen LogP contribution in [0.15, 0.2) is 66.3 Å². The van der Waals surface area contributed by atoms with E-state index in [1.807, 2.05) is 35.8 Å². The summed E-state index contributed by atoms with van der Waals surface area (Å²) >= 11 is 13.4. The summed E-state index contributed by atoms with van der Waals surface area (Å²) in [5.74, 6) is 0.525. The Balaban J connectivity index is 1.79. The first kappa shape index (κ1) is 20.5. The molecule has 0 bridgehead atoms. The number of allylic oxidation sites excluding steroid dienone is 1. The highest BCUT2D eigenvalue weighted by molar-refractivity contribution is 8.00. The van der Waals surface area contributed by atoms with Crippen molar-refractivity contribution >= 4 is 46.6 Å².